The second kappa shape index (κ2) is 1.85. The van der Waals surface area contributed by atoms with E-state index in [0.29, 0.717) is 0 Å². The summed E-state index contributed by atoms with van der Waals surface area (Å²) in [6.45, 7) is 0. The van der Waals surface area contributed by atoms with Crippen LogP contribution in [0.4, 0.5) is 0 Å². The zero-order valence-electron chi connectivity index (χ0n) is 5.50. The molecule has 0 aliphatic carbocycles. The lowest BCUT2D eigenvalue weighted by atomic mass is 10.3. The van der Waals surface area contributed by atoms with Crippen molar-refractivity contribution >= 4 is 0 Å². The van der Waals surface area contributed by atoms with Crippen LogP contribution in [0.2, 0.25) is 0 Å². The molecule has 0 saturated carbocycles. The van der Waals surface area contributed by atoms with Gasteiger partial charge in [-0.05, 0) is 12.1 Å². The van der Waals surface area contributed by atoms with Crippen LogP contribution in [0.15, 0.2) is 18.2 Å². The summed E-state index contributed by atoms with van der Waals surface area (Å²) in [5, 5.41) is 26.3. The molecule has 3 heteroatoms. The zero-order chi connectivity index (χ0) is 7.72. The molecule has 0 bridgehead atoms. The van der Waals surface area contributed by atoms with Crippen molar-refractivity contribution < 1.29 is 16.7 Å². The highest BCUT2D eigenvalue weighted by atomic mass is 16.3. The first-order valence-corrected chi connectivity index (χ1v) is 2.33. The average molecular weight is 127 g/mol. The third-order valence-corrected chi connectivity index (χ3v) is 0.888. The number of hydrogen-bond donors (Lipinski definition) is 3. The van der Waals surface area contributed by atoms with Gasteiger partial charge in [-0.2, -0.15) is 0 Å². The van der Waals surface area contributed by atoms with Gasteiger partial charge in [0.2, 0.25) is 0 Å². The maximum Gasteiger partial charge on any atom is 0.161 e. The summed E-state index contributed by atoms with van der Waals surface area (Å²) in [6, 6.07) is 1.79. The molecule has 1 aromatic rings. The van der Waals surface area contributed by atoms with E-state index in [2.05, 4.69) is 0 Å². The highest BCUT2D eigenvalue weighted by molar-refractivity contribution is 5.42. The number of hydrogen-bond acceptors (Lipinski definition) is 3. The van der Waals surface area contributed by atoms with E-state index in [1.165, 1.54) is 0 Å². The fourth-order valence-corrected chi connectivity index (χ4v) is 0.464. The largest absolute Gasteiger partial charge is 0.508 e. The second-order valence-corrected chi connectivity index (χ2v) is 1.58. The lowest BCUT2D eigenvalue weighted by Gasteiger charge is -1.95. The first-order chi connectivity index (χ1) is 4.63. The van der Waals surface area contributed by atoms with Crippen LogP contribution >= 0.6 is 0 Å². The van der Waals surface area contributed by atoms with Crippen LogP contribution in [0.3, 0.4) is 0 Å². The summed E-state index contributed by atoms with van der Waals surface area (Å²) >= 11 is 0. The predicted octanol–water partition coefficient (Wildman–Crippen LogP) is 0.803. The Morgan fingerprint density at radius 1 is 1.11 bits per heavy atom. The summed E-state index contributed by atoms with van der Waals surface area (Å²) in [7, 11) is 0. The van der Waals surface area contributed by atoms with Crippen molar-refractivity contribution in [3.63, 3.8) is 0 Å². The molecule has 3 nitrogen and oxygen atoms in total. The Kier molecular flexibility index (Phi) is 0.926. The Bertz CT molecular complexity index is 232. The molecule has 0 spiro atoms. The van der Waals surface area contributed by atoms with E-state index in [1.54, 1.807) is 0 Å². The Labute approximate surface area is 53.2 Å². The van der Waals surface area contributed by atoms with Gasteiger partial charge in [-0.1, -0.05) is 0 Å². The fourth-order valence-electron chi connectivity index (χ4n) is 0.464. The highest BCUT2D eigenvalue weighted by Crippen LogP contribution is 2.27. The second-order valence-electron chi connectivity index (χ2n) is 1.58. The van der Waals surface area contributed by atoms with Crippen LogP contribution in [0.1, 0.15) is 1.37 Å². The van der Waals surface area contributed by atoms with Gasteiger partial charge in [-0.3, -0.25) is 0 Å². The molecule has 0 fully saturated rings. The first-order valence-electron chi connectivity index (χ1n) is 2.83. The summed E-state index contributed by atoms with van der Waals surface area (Å²) in [6.07, 6.45) is 0. The molecule has 0 radical (unpaired) electrons. The molecule has 0 heterocycles. The van der Waals surface area contributed by atoms with E-state index in [0.717, 1.165) is 12.1 Å². The molecule has 3 N–H and O–H groups in total. The van der Waals surface area contributed by atoms with Crippen LogP contribution in [-0.4, -0.2) is 15.3 Å². The molecule has 0 saturated heterocycles. The maximum absolute atomic E-state index is 8.79. The molecular formula is C6H6O3. The molecule has 1 aromatic carbocycles. The molecule has 0 aliphatic rings. The summed E-state index contributed by atoms with van der Waals surface area (Å²) in [5.74, 6) is -1.35. The van der Waals surface area contributed by atoms with E-state index in [-0.39, 0.29) is 5.75 Å². The molecule has 0 atom stereocenters. The molecule has 0 unspecified atom stereocenters. The van der Waals surface area contributed by atoms with Gasteiger partial charge < -0.3 is 15.3 Å². The molecule has 1 rings (SSSR count). The minimum absolute atomic E-state index is 0.352. The van der Waals surface area contributed by atoms with Crippen LogP contribution in [-0.2, 0) is 0 Å². The number of aromatic hydroxyl groups is 3. The van der Waals surface area contributed by atoms with Crippen molar-refractivity contribution in [2.24, 2.45) is 0 Å². The van der Waals surface area contributed by atoms with Gasteiger partial charge in [0.1, 0.15) is 5.75 Å². The number of phenols is 3. The van der Waals surface area contributed by atoms with E-state index in [9.17, 15) is 0 Å². The monoisotopic (exact) mass is 127 g/mol. The summed E-state index contributed by atoms with van der Waals surface area (Å²) < 4.78 is 6.92. The third-order valence-electron chi connectivity index (χ3n) is 0.888. The van der Waals surface area contributed by atoms with Crippen molar-refractivity contribution in [1.29, 1.82) is 0 Å². The number of phenolic OH excluding ortho intramolecular Hbond substituents is 3. The molecule has 0 aromatic heterocycles. The third kappa shape index (κ3) is 1.05. The predicted molar refractivity (Wildman–Crippen MR) is 31.4 cm³/mol. The van der Waals surface area contributed by atoms with Gasteiger partial charge in [0.25, 0.3) is 0 Å². The topological polar surface area (TPSA) is 60.7 Å². The van der Waals surface area contributed by atoms with Crippen molar-refractivity contribution in [2.45, 2.75) is 0 Å². The number of rotatable bonds is 0. The normalized spacial score (nSPS) is 10.9. The lowest BCUT2D eigenvalue weighted by molar-refractivity contribution is 0.396. The smallest absolute Gasteiger partial charge is 0.161 e. The van der Waals surface area contributed by atoms with Gasteiger partial charge in [0, 0.05) is 6.04 Å². The van der Waals surface area contributed by atoms with Gasteiger partial charge in [-0.25, -0.2) is 0 Å². The molecule has 0 amide bonds. The maximum atomic E-state index is 8.79. The molecular weight excluding hydrogens is 120 g/mol. The van der Waals surface area contributed by atoms with Gasteiger partial charge in [0.05, 0.1) is 1.37 Å². The SMILES string of the molecule is [2H]c1c(O)ccc(O)c1O. The fraction of sp³-hybridized carbons (Fsp3) is 0. The summed E-state index contributed by atoms with van der Waals surface area (Å²) in [4.78, 5) is 0. The Hall–Kier alpha value is -1.38. The molecule has 0 aliphatic heterocycles. The van der Waals surface area contributed by atoms with E-state index in [1.807, 2.05) is 0 Å². The van der Waals surface area contributed by atoms with Crippen molar-refractivity contribution in [2.75, 3.05) is 0 Å². The standard InChI is InChI=1S/C6H6O3/c7-4-1-2-5(8)6(9)3-4/h1-3,7-9H/i3D. The van der Waals surface area contributed by atoms with E-state index >= 15 is 0 Å². The van der Waals surface area contributed by atoms with Gasteiger partial charge >= 0.3 is 0 Å². The molecule has 48 valence electrons. The minimum atomic E-state index is -0.597. The molecule has 9 heavy (non-hydrogen) atoms. The Balaban J connectivity index is 3.34. The lowest BCUT2D eigenvalue weighted by Crippen LogP contribution is -1.66. The average Bonchev–Trinajstić information content (AvgIpc) is 1.93. The van der Waals surface area contributed by atoms with Crippen LogP contribution < -0.4 is 0 Å². The quantitative estimate of drug-likeness (QED) is 0.357. The first kappa shape index (κ1) is 4.49. The van der Waals surface area contributed by atoms with Crippen molar-refractivity contribution in [3.05, 3.63) is 18.2 Å². The highest BCUT2D eigenvalue weighted by Gasteiger charge is 1.96. The summed E-state index contributed by atoms with van der Waals surface area (Å²) in [5.41, 5.74) is 0. The van der Waals surface area contributed by atoms with Crippen LogP contribution in [0, 0.1) is 0 Å². The van der Waals surface area contributed by atoms with Crippen LogP contribution in [0.5, 0.6) is 17.2 Å². The van der Waals surface area contributed by atoms with Crippen LogP contribution in [0.25, 0.3) is 0 Å². The van der Waals surface area contributed by atoms with E-state index < -0.39 is 17.5 Å². The van der Waals surface area contributed by atoms with Crippen molar-refractivity contribution in [3.8, 4) is 17.2 Å². The zero-order valence-corrected chi connectivity index (χ0v) is 4.50. The minimum Gasteiger partial charge on any atom is -0.508 e. The van der Waals surface area contributed by atoms with Gasteiger partial charge in [0.15, 0.2) is 11.5 Å². The van der Waals surface area contributed by atoms with E-state index in [4.69, 9.17) is 16.7 Å². The Morgan fingerprint density at radius 2 is 1.78 bits per heavy atom. The number of benzene rings is 1. The van der Waals surface area contributed by atoms with Gasteiger partial charge in [-0.15, -0.1) is 0 Å². The Morgan fingerprint density at radius 3 is 2.33 bits per heavy atom. The van der Waals surface area contributed by atoms with Crippen molar-refractivity contribution in [1.82, 2.24) is 0 Å².